The van der Waals surface area contributed by atoms with Crippen LogP contribution in [0.25, 0.3) is 0 Å². The van der Waals surface area contributed by atoms with E-state index in [1.807, 2.05) is 6.07 Å². The number of likely N-dealkylation sites (tertiary alicyclic amines) is 1. The van der Waals surface area contributed by atoms with Crippen molar-refractivity contribution in [1.82, 2.24) is 15.5 Å². The minimum atomic E-state index is -1.22. The van der Waals surface area contributed by atoms with Gasteiger partial charge in [0.25, 0.3) is 0 Å². The van der Waals surface area contributed by atoms with Crippen molar-refractivity contribution < 1.29 is 29.4 Å². The molecule has 1 fully saturated rings. The minimum Gasteiger partial charge on any atom is -0.508 e. The quantitative estimate of drug-likeness (QED) is 0.184. The monoisotopic (exact) mass is 553 g/mol. The Kier molecular flexibility index (Phi) is 11.5. The number of carbonyl (C=O) groups is 4. The number of benzene rings is 2. The van der Waals surface area contributed by atoms with Gasteiger partial charge in [-0.15, -0.1) is 0 Å². The van der Waals surface area contributed by atoms with Gasteiger partial charge < -0.3 is 37.2 Å². The highest BCUT2D eigenvalue weighted by molar-refractivity contribution is 5.94. The zero-order chi connectivity index (χ0) is 29.1. The van der Waals surface area contributed by atoms with Crippen LogP contribution in [-0.2, 0) is 32.0 Å². The van der Waals surface area contributed by atoms with Crippen molar-refractivity contribution in [3.8, 4) is 5.75 Å². The van der Waals surface area contributed by atoms with Crippen LogP contribution in [0.4, 0.5) is 0 Å². The molecule has 40 heavy (non-hydrogen) atoms. The molecule has 3 rings (SSSR count). The number of phenolic OH excluding ortho intramolecular Hbond substituents is 1. The zero-order valence-electron chi connectivity index (χ0n) is 22.5. The number of nitrogens with one attached hydrogen (secondary N) is 2. The Morgan fingerprint density at radius 3 is 2.23 bits per heavy atom. The summed E-state index contributed by atoms with van der Waals surface area (Å²) in [6, 6.07) is 11.2. The largest absolute Gasteiger partial charge is 0.508 e. The van der Waals surface area contributed by atoms with E-state index in [1.54, 1.807) is 36.4 Å². The first-order valence-corrected chi connectivity index (χ1v) is 13.6. The first-order valence-electron chi connectivity index (χ1n) is 13.6. The van der Waals surface area contributed by atoms with Gasteiger partial charge in [-0.25, -0.2) is 4.79 Å². The summed E-state index contributed by atoms with van der Waals surface area (Å²) in [4.78, 5) is 53.3. The molecular formula is C29H39N5O6. The van der Waals surface area contributed by atoms with Crippen LogP contribution in [0.15, 0.2) is 54.6 Å². The standard InChI is InChI=1S/C29H39N5O6/c30-15-5-4-9-22(31)28(38)34-16-6-10-25(34)27(37)32-23(17-20-11-13-21(35)14-12-20)26(36)33-24(29(39)40)18-19-7-2-1-3-8-19/h1-3,7-8,11-14,22-25,35H,4-6,9-10,15-18,30-31H2,(H,32,37)(H,33,36)(H,39,40). The third-order valence-corrected chi connectivity index (χ3v) is 7.03. The molecule has 8 N–H and O–H groups in total. The molecule has 1 saturated heterocycles. The van der Waals surface area contributed by atoms with Gasteiger partial charge in [-0.2, -0.15) is 0 Å². The maximum atomic E-state index is 13.4. The van der Waals surface area contributed by atoms with Crippen LogP contribution >= 0.6 is 0 Å². The first kappa shape index (κ1) is 30.6. The minimum absolute atomic E-state index is 0.0468. The van der Waals surface area contributed by atoms with Crippen molar-refractivity contribution in [2.45, 2.75) is 69.1 Å². The van der Waals surface area contributed by atoms with Gasteiger partial charge in [0, 0.05) is 19.4 Å². The summed E-state index contributed by atoms with van der Waals surface area (Å²) in [5.41, 5.74) is 13.0. The summed E-state index contributed by atoms with van der Waals surface area (Å²) in [6.07, 6.45) is 3.07. The molecule has 0 bridgehead atoms. The Labute approximate surface area is 233 Å². The predicted molar refractivity (Wildman–Crippen MR) is 149 cm³/mol. The van der Waals surface area contributed by atoms with Crippen molar-refractivity contribution >= 4 is 23.7 Å². The highest BCUT2D eigenvalue weighted by Gasteiger charge is 2.38. The summed E-state index contributed by atoms with van der Waals surface area (Å²) in [5.74, 6) is -2.65. The SMILES string of the molecule is NCCCCC(N)C(=O)N1CCCC1C(=O)NC(Cc1ccc(O)cc1)C(=O)NC(Cc1ccccc1)C(=O)O. The normalized spacial score (nSPS) is 17.1. The van der Waals surface area contributed by atoms with Crippen molar-refractivity contribution in [1.29, 1.82) is 0 Å². The summed E-state index contributed by atoms with van der Waals surface area (Å²) in [6.45, 7) is 0.892. The fourth-order valence-corrected chi connectivity index (χ4v) is 4.82. The molecule has 1 heterocycles. The molecule has 0 radical (unpaired) electrons. The topological polar surface area (TPSA) is 188 Å². The number of phenols is 1. The molecule has 3 amide bonds. The van der Waals surface area contributed by atoms with Gasteiger partial charge in [-0.3, -0.25) is 14.4 Å². The lowest BCUT2D eigenvalue weighted by Crippen LogP contribution is -2.57. The second kappa shape index (κ2) is 15.0. The first-order chi connectivity index (χ1) is 19.2. The van der Waals surface area contributed by atoms with Crippen LogP contribution in [0.3, 0.4) is 0 Å². The third-order valence-electron chi connectivity index (χ3n) is 7.03. The van der Waals surface area contributed by atoms with E-state index < -0.39 is 42.0 Å². The second-order valence-corrected chi connectivity index (χ2v) is 10.1. The van der Waals surface area contributed by atoms with Crippen LogP contribution in [0.2, 0.25) is 0 Å². The number of rotatable bonds is 14. The van der Waals surface area contributed by atoms with Gasteiger partial charge in [-0.1, -0.05) is 48.9 Å². The van der Waals surface area contributed by atoms with E-state index in [4.69, 9.17) is 11.5 Å². The number of aliphatic carboxylic acids is 1. The smallest absolute Gasteiger partial charge is 0.326 e. The number of aromatic hydroxyl groups is 1. The van der Waals surface area contributed by atoms with Crippen molar-refractivity contribution in [2.24, 2.45) is 11.5 Å². The number of nitrogens with zero attached hydrogens (tertiary/aromatic N) is 1. The molecule has 2 aromatic rings. The van der Waals surface area contributed by atoms with Gasteiger partial charge in [0.05, 0.1) is 6.04 Å². The molecule has 4 atom stereocenters. The number of nitrogens with two attached hydrogens (primary N) is 2. The molecule has 4 unspecified atom stereocenters. The maximum Gasteiger partial charge on any atom is 0.326 e. The Bertz CT molecular complexity index is 1140. The molecule has 11 heteroatoms. The third kappa shape index (κ3) is 8.78. The summed E-state index contributed by atoms with van der Waals surface area (Å²) in [5, 5.41) is 24.7. The lowest BCUT2D eigenvalue weighted by atomic mass is 10.0. The fraction of sp³-hybridized carbons (Fsp3) is 0.448. The number of hydrogen-bond donors (Lipinski definition) is 6. The van der Waals surface area contributed by atoms with Crippen molar-refractivity contribution in [2.75, 3.05) is 13.1 Å². The Morgan fingerprint density at radius 2 is 1.57 bits per heavy atom. The fourth-order valence-electron chi connectivity index (χ4n) is 4.82. The zero-order valence-corrected chi connectivity index (χ0v) is 22.5. The summed E-state index contributed by atoms with van der Waals surface area (Å²) in [7, 11) is 0. The van der Waals surface area contributed by atoms with Crippen LogP contribution in [0.1, 0.15) is 43.2 Å². The molecule has 1 aliphatic rings. The number of carbonyl (C=O) groups excluding carboxylic acids is 3. The number of hydrogen-bond acceptors (Lipinski definition) is 7. The van der Waals surface area contributed by atoms with Gasteiger partial charge >= 0.3 is 5.97 Å². The lowest BCUT2D eigenvalue weighted by Gasteiger charge is -2.29. The Balaban J connectivity index is 1.75. The van der Waals surface area contributed by atoms with Crippen LogP contribution in [0, 0.1) is 0 Å². The van der Waals surface area contributed by atoms with Gasteiger partial charge in [-0.05, 0) is 55.5 Å². The summed E-state index contributed by atoms with van der Waals surface area (Å²) < 4.78 is 0. The highest BCUT2D eigenvalue weighted by Crippen LogP contribution is 2.20. The Hall–Kier alpha value is -3.96. The van der Waals surface area contributed by atoms with E-state index in [-0.39, 0.29) is 24.5 Å². The van der Waals surface area contributed by atoms with Gasteiger partial charge in [0.15, 0.2) is 0 Å². The van der Waals surface area contributed by atoms with E-state index in [0.717, 1.165) is 12.0 Å². The lowest BCUT2D eigenvalue weighted by molar-refractivity contribution is -0.143. The van der Waals surface area contributed by atoms with E-state index in [0.29, 0.717) is 44.3 Å². The second-order valence-electron chi connectivity index (χ2n) is 10.1. The molecule has 216 valence electrons. The molecule has 1 aliphatic heterocycles. The maximum absolute atomic E-state index is 13.4. The van der Waals surface area contributed by atoms with Crippen molar-refractivity contribution in [3.05, 3.63) is 65.7 Å². The van der Waals surface area contributed by atoms with Crippen LogP contribution in [0.5, 0.6) is 5.75 Å². The molecule has 11 nitrogen and oxygen atoms in total. The predicted octanol–water partition coefficient (Wildman–Crippen LogP) is 0.679. The van der Waals surface area contributed by atoms with E-state index in [2.05, 4.69) is 10.6 Å². The number of carboxylic acids is 1. The van der Waals surface area contributed by atoms with E-state index in [1.165, 1.54) is 17.0 Å². The Morgan fingerprint density at radius 1 is 0.925 bits per heavy atom. The number of carboxylic acid groups (broad SMARTS) is 1. The highest BCUT2D eigenvalue weighted by atomic mass is 16.4. The summed E-state index contributed by atoms with van der Waals surface area (Å²) >= 11 is 0. The van der Waals surface area contributed by atoms with Gasteiger partial charge in [0.1, 0.15) is 23.9 Å². The molecule has 0 aromatic heterocycles. The number of unbranched alkanes of at least 4 members (excludes halogenated alkanes) is 1. The molecule has 0 aliphatic carbocycles. The average molecular weight is 554 g/mol. The molecule has 2 aromatic carbocycles. The van der Waals surface area contributed by atoms with Crippen LogP contribution < -0.4 is 22.1 Å². The number of amides is 3. The molecule has 0 saturated carbocycles. The van der Waals surface area contributed by atoms with Gasteiger partial charge in [0.2, 0.25) is 17.7 Å². The molecular weight excluding hydrogens is 514 g/mol. The molecule has 0 spiro atoms. The van der Waals surface area contributed by atoms with E-state index in [9.17, 15) is 29.4 Å². The van der Waals surface area contributed by atoms with E-state index >= 15 is 0 Å². The average Bonchev–Trinajstić information content (AvgIpc) is 3.44. The van der Waals surface area contributed by atoms with Crippen molar-refractivity contribution in [3.63, 3.8) is 0 Å². The van der Waals surface area contributed by atoms with Crippen LogP contribution in [-0.4, -0.2) is 76.1 Å².